The summed E-state index contributed by atoms with van der Waals surface area (Å²) in [6, 6.07) is 6.12. The molecule has 0 atom stereocenters. The number of hydrogen-bond acceptors (Lipinski definition) is 4. The minimum Gasteiger partial charge on any atom is -0.486 e. The van der Waals surface area contributed by atoms with Gasteiger partial charge in [0.15, 0.2) is 11.5 Å². The van der Waals surface area contributed by atoms with Gasteiger partial charge in [-0.05, 0) is 36.4 Å². The number of benzene rings is 1. The molecule has 0 unspecified atom stereocenters. The number of rotatable bonds is 2. The molecule has 0 saturated heterocycles. The van der Waals surface area contributed by atoms with E-state index in [1.54, 1.807) is 0 Å². The van der Waals surface area contributed by atoms with Gasteiger partial charge in [0, 0.05) is 23.5 Å². The Kier molecular flexibility index (Phi) is 2.23. The molecular weight excluding hydrogens is 240 g/mol. The fourth-order valence-corrected chi connectivity index (χ4v) is 2.82. The maximum atomic E-state index is 5.93. The molecule has 2 heterocycles. The highest BCUT2D eigenvalue weighted by molar-refractivity contribution is 5.89. The summed E-state index contributed by atoms with van der Waals surface area (Å²) in [6.45, 7) is 1.88. The highest BCUT2D eigenvalue weighted by atomic mass is 16.6. The molecule has 4 rings (SSSR count). The first-order chi connectivity index (χ1) is 9.32. The van der Waals surface area contributed by atoms with Gasteiger partial charge in [0.2, 0.25) is 0 Å². The van der Waals surface area contributed by atoms with Crippen LogP contribution in [-0.2, 0) is 5.41 Å². The fraction of sp³-hybridized carbons (Fsp3) is 0.400. The van der Waals surface area contributed by atoms with Gasteiger partial charge in [-0.15, -0.1) is 0 Å². The molecule has 0 radical (unpaired) electrons. The summed E-state index contributed by atoms with van der Waals surface area (Å²) >= 11 is 0. The number of aromatic nitrogens is 1. The van der Waals surface area contributed by atoms with Crippen LogP contribution < -0.4 is 15.2 Å². The van der Waals surface area contributed by atoms with Gasteiger partial charge in [-0.2, -0.15) is 0 Å². The van der Waals surface area contributed by atoms with Crippen molar-refractivity contribution in [3.05, 3.63) is 30.1 Å². The van der Waals surface area contributed by atoms with Crippen molar-refractivity contribution in [1.29, 1.82) is 0 Å². The number of nitrogens with two attached hydrogens (primary N) is 1. The van der Waals surface area contributed by atoms with Gasteiger partial charge in [-0.3, -0.25) is 4.98 Å². The maximum absolute atomic E-state index is 5.93. The number of hydrogen-bond donors (Lipinski definition) is 1. The quantitative estimate of drug-likeness (QED) is 0.892. The van der Waals surface area contributed by atoms with Gasteiger partial charge >= 0.3 is 0 Å². The van der Waals surface area contributed by atoms with Gasteiger partial charge in [0.05, 0.1) is 5.69 Å². The van der Waals surface area contributed by atoms with Crippen molar-refractivity contribution in [2.24, 2.45) is 5.73 Å². The van der Waals surface area contributed by atoms with Crippen molar-refractivity contribution < 1.29 is 9.47 Å². The maximum Gasteiger partial charge on any atom is 0.162 e. The fourth-order valence-electron chi connectivity index (χ4n) is 2.82. The second kappa shape index (κ2) is 3.84. The third-order valence-electron chi connectivity index (χ3n) is 4.17. The highest BCUT2D eigenvalue weighted by Crippen LogP contribution is 2.49. The topological polar surface area (TPSA) is 57.4 Å². The summed E-state index contributed by atoms with van der Waals surface area (Å²) in [5, 5.41) is 2.30. The van der Waals surface area contributed by atoms with E-state index in [9.17, 15) is 0 Å². The highest BCUT2D eigenvalue weighted by Gasteiger charge is 2.45. The normalized spacial score (nSPS) is 19.4. The molecule has 98 valence electrons. The molecule has 1 saturated carbocycles. The molecule has 1 aliphatic carbocycles. The second-order valence-electron chi connectivity index (χ2n) is 5.36. The van der Waals surface area contributed by atoms with Crippen LogP contribution in [0, 0.1) is 0 Å². The number of fused-ring (bicyclic) bond motifs is 2. The Hall–Kier alpha value is -1.81. The minimum absolute atomic E-state index is 0.0866. The Labute approximate surface area is 111 Å². The van der Waals surface area contributed by atoms with E-state index in [2.05, 4.69) is 11.1 Å². The Morgan fingerprint density at radius 2 is 1.89 bits per heavy atom. The molecule has 2 aliphatic rings. The van der Waals surface area contributed by atoms with Gasteiger partial charge in [-0.25, -0.2) is 0 Å². The summed E-state index contributed by atoms with van der Waals surface area (Å²) in [6.07, 6.45) is 4.12. The van der Waals surface area contributed by atoms with E-state index in [4.69, 9.17) is 15.2 Å². The summed E-state index contributed by atoms with van der Waals surface area (Å²) in [4.78, 5) is 4.58. The predicted octanol–water partition coefficient (Wildman–Crippen LogP) is 2.00. The van der Waals surface area contributed by atoms with Crippen molar-refractivity contribution in [3.63, 3.8) is 0 Å². The van der Waals surface area contributed by atoms with Crippen LogP contribution in [0.25, 0.3) is 10.8 Å². The van der Waals surface area contributed by atoms with Crippen LogP contribution in [0.2, 0.25) is 0 Å². The zero-order chi connectivity index (χ0) is 12.9. The molecule has 19 heavy (non-hydrogen) atoms. The first kappa shape index (κ1) is 11.1. The van der Waals surface area contributed by atoms with E-state index < -0.39 is 0 Å². The van der Waals surface area contributed by atoms with E-state index in [-0.39, 0.29) is 5.41 Å². The average Bonchev–Trinajstić information content (AvgIpc) is 3.25. The number of ether oxygens (including phenoxy) is 2. The summed E-state index contributed by atoms with van der Waals surface area (Å²) < 4.78 is 11.3. The zero-order valence-corrected chi connectivity index (χ0v) is 10.7. The van der Waals surface area contributed by atoms with Gasteiger partial charge in [0.25, 0.3) is 0 Å². The van der Waals surface area contributed by atoms with E-state index in [1.807, 2.05) is 18.3 Å². The van der Waals surface area contributed by atoms with Crippen molar-refractivity contribution >= 4 is 10.8 Å². The molecule has 1 fully saturated rings. The monoisotopic (exact) mass is 256 g/mol. The lowest BCUT2D eigenvalue weighted by Gasteiger charge is -2.21. The third-order valence-corrected chi connectivity index (χ3v) is 4.17. The van der Waals surface area contributed by atoms with E-state index in [0.29, 0.717) is 19.8 Å². The first-order valence-corrected chi connectivity index (χ1v) is 6.71. The smallest absolute Gasteiger partial charge is 0.162 e. The Bertz CT molecular complexity index is 650. The van der Waals surface area contributed by atoms with Crippen molar-refractivity contribution in [3.8, 4) is 11.5 Å². The molecular formula is C15H16N2O2. The van der Waals surface area contributed by atoms with E-state index in [0.717, 1.165) is 40.8 Å². The van der Waals surface area contributed by atoms with Gasteiger partial charge in [0.1, 0.15) is 13.2 Å². The second-order valence-corrected chi connectivity index (χ2v) is 5.36. The first-order valence-electron chi connectivity index (χ1n) is 6.71. The van der Waals surface area contributed by atoms with Crippen LogP contribution in [0.4, 0.5) is 0 Å². The van der Waals surface area contributed by atoms with Gasteiger partial charge in [-0.1, -0.05) is 0 Å². The molecule has 2 N–H and O–H groups in total. The average molecular weight is 256 g/mol. The van der Waals surface area contributed by atoms with Crippen LogP contribution in [0.5, 0.6) is 11.5 Å². The lowest BCUT2D eigenvalue weighted by atomic mass is 9.96. The molecule has 2 aromatic rings. The molecule has 1 aromatic carbocycles. The Balaban J connectivity index is 1.95. The largest absolute Gasteiger partial charge is 0.486 e. The standard InChI is InChI=1S/C15H16N2O2/c16-9-15(2-3-15)14-11-8-13-12(18-5-6-19-13)7-10(11)1-4-17-14/h1,4,7-8H,2-3,5-6,9,16H2. The molecule has 1 aliphatic heterocycles. The lowest BCUT2D eigenvalue weighted by Crippen LogP contribution is -2.21. The molecule has 4 nitrogen and oxygen atoms in total. The van der Waals surface area contributed by atoms with Crippen LogP contribution >= 0.6 is 0 Å². The zero-order valence-electron chi connectivity index (χ0n) is 10.7. The Morgan fingerprint density at radius 1 is 1.16 bits per heavy atom. The number of pyridine rings is 1. The Morgan fingerprint density at radius 3 is 2.58 bits per heavy atom. The van der Waals surface area contributed by atoms with Crippen LogP contribution in [0.15, 0.2) is 24.4 Å². The van der Waals surface area contributed by atoms with Crippen molar-refractivity contribution in [2.75, 3.05) is 19.8 Å². The van der Waals surface area contributed by atoms with Gasteiger partial charge < -0.3 is 15.2 Å². The molecule has 0 amide bonds. The van der Waals surface area contributed by atoms with Crippen molar-refractivity contribution in [2.45, 2.75) is 18.3 Å². The summed E-state index contributed by atoms with van der Waals surface area (Å²) in [7, 11) is 0. The summed E-state index contributed by atoms with van der Waals surface area (Å²) in [5.74, 6) is 1.65. The van der Waals surface area contributed by atoms with Crippen molar-refractivity contribution in [1.82, 2.24) is 4.98 Å². The molecule has 1 aromatic heterocycles. The SMILES string of the molecule is NCC1(c2nccc3cc4c(cc23)OCCO4)CC1. The van der Waals surface area contributed by atoms with E-state index >= 15 is 0 Å². The third kappa shape index (κ3) is 1.60. The van der Waals surface area contributed by atoms with Crippen LogP contribution in [-0.4, -0.2) is 24.7 Å². The minimum atomic E-state index is 0.0866. The number of nitrogens with zero attached hydrogens (tertiary/aromatic N) is 1. The molecule has 0 spiro atoms. The lowest BCUT2D eigenvalue weighted by molar-refractivity contribution is 0.172. The van der Waals surface area contributed by atoms with E-state index in [1.165, 1.54) is 0 Å². The molecule has 4 heteroatoms. The predicted molar refractivity (Wildman–Crippen MR) is 72.7 cm³/mol. The van der Waals surface area contributed by atoms with Crippen LogP contribution in [0.1, 0.15) is 18.5 Å². The molecule has 0 bridgehead atoms. The van der Waals surface area contributed by atoms with Crippen LogP contribution in [0.3, 0.4) is 0 Å². The summed E-state index contributed by atoms with van der Waals surface area (Å²) in [5.41, 5.74) is 7.14.